The van der Waals surface area contributed by atoms with E-state index in [2.05, 4.69) is 10.3 Å². The molecule has 3 aromatic rings. The van der Waals surface area contributed by atoms with Crippen molar-refractivity contribution < 1.29 is 42.3 Å². The third-order valence-electron chi connectivity index (χ3n) is 8.64. The lowest BCUT2D eigenvalue weighted by atomic mass is 10.0. The van der Waals surface area contributed by atoms with Gasteiger partial charge in [-0.15, -0.1) is 0 Å². The van der Waals surface area contributed by atoms with Crippen LogP contribution < -0.4 is 10.2 Å². The maximum Gasteiger partial charge on any atom is 0.399 e. The number of anilines is 1. The maximum absolute atomic E-state index is 14.3. The zero-order valence-electron chi connectivity index (χ0n) is 25.5. The summed E-state index contributed by atoms with van der Waals surface area (Å²) in [6.45, 7) is 3.65. The minimum absolute atomic E-state index is 0.0885. The largest absolute Gasteiger partial charge is 0.399 e. The van der Waals surface area contributed by atoms with Crippen molar-refractivity contribution in [2.45, 2.75) is 56.9 Å². The third kappa shape index (κ3) is 6.29. The van der Waals surface area contributed by atoms with Crippen LogP contribution in [0.3, 0.4) is 0 Å². The molecule has 1 aromatic heterocycles. The van der Waals surface area contributed by atoms with Crippen molar-refractivity contribution in [3.63, 3.8) is 0 Å². The lowest BCUT2D eigenvalue weighted by Crippen LogP contribution is -2.61. The van der Waals surface area contributed by atoms with Crippen molar-refractivity contribution >= 4 is 47.8 Å². The van der Waals surface area contributed by atoms with Crippen LogP contribution >= 0.6 is 7.60 Å². The number of nitrogens with one attached hydrogen (secondary N) is 2. The Morgan fingerprint density at radius 3 is 2.41 bits per heavy atom. The first-order valence-corrected chi connectivity index (χ1v) is 16.5. The number of halogens is 2. The van der Waals surface area contributed by atoms with Gasteiger partial charge in [0.25, 0.3) is 5.91 Å². The number of likely N-dealkylation sites (N-methyl/N-ethyl adjacent to an activating group) is 1. The maximum atomic E-state index is 14.3. The number of para-hydroxylation sites is 1. The summed E-state index contributed by atoms with van der Waals surface area (Å²) in [5.74, 6) is -2.12. The minimum atomic E-state index is -5.81. The van der Waals surface area contributed by atoms with Crippen LogP contribution in [0.1, 0.15) is 49.2 Å². The standard InChI is InChI=1S/C31H36F2N5O7P/c1-18(2)28(40)37-14-13-22-10-12-26(30(42)36(3)21-7-5-4-6-8-21)38(22)29(41)25(17-37)35-27(39)24-16-19-15-20(9-11-23(19)34-24)31(32,33)46(43,44)45/h4-9,11,15-16,18,22,25-26,34H,10,12-14,17H2,1-3H3,(H,35,39)(H2,43,44,45)/t22-,25?,26+/m1/s1. The van der Waals surface area contributed by atoms with Crippen LogP contribution in [-0.4, -0.2) is 86.5 Å². The van der Waals surface area contributed by atoms with Gasteiger partial charge in [-0.2, -0.15) is 8.78 Å². The Morgan fingerprint density at radius 2 is 1.76 bits per heavy atom. The van der Waals surface area contributed by atoms with Gasteiger partial charge >= 0.3 is 13.3 Å². The Kier molecular flexibility index (Phi) is 9.09. The van der Waals surface area contributed by atoms with Gasteiger partial charge in [0, 0.05) is 54.3 Å². The number of H-pyrrole nitrogens is 1. The summed E-state index contributed by atoms with van der Waals surface area (Å²) in [5.41, 5.74) is -4.56. The van der Waals surface area contributed by atoms with Crippen molar-refractivity contribution in [1.29, 1.82) is 0 Å². The van der Waals surface area contributed by atoms with Crippen LogP contribution in [0, 0.1) is 5.92 Å². The average Bonchev–Trinajstić information content (AvgIpc) is 3.64. The zero-order valence-corrected chi connectivity index (χ0v) is 26.4. The third-order valence-corrected chi connectivity index (χ3v) is 9.63. The summed E-state index contributed by atoms with van der Waals surface area (Å²) in [6.07, 6.45) is 1.42. The Bertz CT molecular complexity index is 1710. The highest BCUT2D eigenvalue weighted by Crippen LogP contribution is 2.59. The molecule has 3 atom stereocenters. The van der Waals surface area contributed by atoms with Crippen LogP contribution in [0.4, 0.5) is 14.5 Å². The number of fused-ring (bicyclic) bond motifs is 2. The Hall–Kier alpha value is -4.13. The number of aromatic amines is 1. The van der Waals surface area contributed by atoms with E-state index in [9.17, 15) is 32.5 Å². The van der Waals surface area contributed by atoms with Crippen molar-refractivity contribution in [3.8, 4) is 0 Å². The molecule has 46 heavy (non-hydrogen) atoms. The molecule has 2 fully saturated rings. The first-order chi connectivity index (χ1) is 21.6. The van der Waals surface area contributed by atoms with Crippen molar-refractivity contribution in [2.75, 3.05) is 25.0 Å². The monoisotopic (exact) mass is 659 g/mol. The number of carbonyl (C=O) groups excluding carboxylic acids is 4. The number of carbonyl (C=O) groups is 4. The minimum Gasteiger partial charge on any atom is -0.351 e. The summed E-state index contributed by atoms with van der Waals surface area (Å²) < 4.78 is 40.0. The van der Waals surface area contributed by atoms with Gasteiger partial charge in [-0.25, -0.2) is 0 Å². The highest BCUT2D eigenvalue weighted by Gasteiger charge is 2.50. The molecule has 2 aliphatic heterocycles. The molecule has 12 nitrogen and oxygen atoms in total. The predicted molar refractivity (Wildman–Crippen MR) is 165 cm³/mol. The van der Waals surface area contributed by atoms with Crippen LogP contribution in [-0.2, 0) is 24.6 Å². The molecule has 2 aliphatic rings. The quantitative estimate of drug-likeness (QED) is 0.283. The van der Waals surface area contributed by atoms with Gasteiger partial charge in [0.05, 0.1) is 0 Å². The molecule has 0 radical (unpaired) electrons. The molecule has 0 spiro atoms. The van der Waals surface area contributed by atoms with Crippen molar-refractivity contribution in [2.24, 2.45) is 5.92 Å². The topological polar surface area (TPSA) is 163 Å². The van der Waals surface area contributed by atoms with E-state index in [4.69, 9.17) is 9.79 Å². The Morgan fingerprint density at radius 1 is 1.07 bits per heavy atom. The molecular formula is C31H36F2N5O7P. The lowest BCUT2D eigenvalue weighted by Gasteiger charge is -2.39. The van der Waals surface area contributed by atoms with Crippen LogP contribution in [0.5, 0.6) is 0 Å². The second-order valence-corrected chi connectivity index (χ2v) is 13.7. The summed E-state index contributed by atoms with van der Waals surface area (Å²) in [5, 5.41) is 2.78. The normalized spacial score (nSPS) is 20.8. The number of hydrogen-bond acceptors (Lipinski definition) is 5. The molecule has 3 heterocycles. The number of hydrogen-bond donors (Lipinski definition) is 4. The molecule has 0 bridgehead atoms. The molecule has 4 amide bonds. The second-order valence-electron chi connectivity index (χ2n) is 12.0. The van der Waals surface area contributed by atoms with Gasteiger partial charge < -0.3 is 34.8 Å². The molecular weight excluding hydrogens is 623 g/mol. The molecule has 0 saturated carbocycles. The fraction of sp³-hybridized carbons (Fsp3) is 0.419. The molecule has 246 valence electrons. The van der Waals surface area contributed by atoms with E-state index >= 15 is 0 Å². The number of alkyl halides is 2. The fourth-order valence-corrected chi connectivity index (χ4v) is 6.61. The highest BCUT2D eigenvalue weighted by molar-refractivity contribution is 7.52. The number of amides is 4. The summed E-state index contributed by atoms with van der Waals surface area (Å²) in [6, 6.07) is 10.8. The molecule has 1 unspecified atom stereocenters. The first-order valence-electron chi connectivity index (χ1n) is 14.9. The molecule has 15 heteroatoms. The van der Waals surface area contributed by atoms with E-state index in [-0.39, 0.29) is 46.9 Å². The summed E-state index contributed by atoms with van der Waals surface area (Å²) in [7, 11) is -4.17. The SMILES string of the molecule is CC(C)C(=O)N1CC[C@H]2CC[C@@H](C(=O)N(C)c3ccccc3)N2C(=O)C(NC(=O)c2cc3cc(C(F)(F)P(=O)(O)O)ccc3[nH]2)C1. The molecule has 4 N–H and O–H groups in total. The molecule has 2 saturated heterocycles. The Balaban J connectivity index is 1.44. The zero-order chi connectivity index (χ0) is 33.6. The van der Waals surface area contributed by atoms with Crippen molar-refractivity contribution in [3.05, 3.63) is 65.9 Å². The molecule has 5 rings (SSSR count). The van der Waals surface area contributed by atoms with E-state index < -0.39 is 42.7 Å². The lowest BCUT2D eigenvalue weighted by molar-refractivity contribution is -0.145. The van der Waals surface area contributed by atoms with Gasteiger partial charge in [0.15, 0.2) is 0 Å². The predicted octanol–water partition coefficient (Wildman–Crippen LogP) is 3.40. The van der Waals surface area contributed by atoms with E-state index in [1.54, 1.807) is 45.2 Å². The van der Waals surface area contributed by atoms with Gasteiger partial charge in [0.1, 0.15) is 17.8 Å². The van der Waals surface area contributed by atoms with E-state index in [0.717, 1.165) is 12.1 Å². The van der Waals surface area contributed by atoms with Gasteiger partial charge in [-0.3, -0.25) is 23.7 Å². The fourth-order valence-electron chi connectivity index (χ4n) is 6.14. The van der Waals surface area contributed by atoms with Crippen molar-refractivity contribution in [1.82, 2.24) is 20.1 Å². The van der Waals surface area contributed by atoms with E-state index in [1.807, 2.05) is 6.07 Å². The van der Waals surface area contributed by atoms with Crippen LogP contribution in [0.2, 0.25) is 0 Å². The number of rotatable bonds is 7. The van der Waals surface area contributed by atoms with E-state index in [1.165, 1.54) is 26.8 Å². The average molecular weight is 660 g/mol. The van der Waals surface area contributed by atoms with Crippen LogP contribution in [0.25, 0.3) is 10.9 Å². The number of nitrogens with zero attached hydrogens (tertiary/aromatic N) is 3. The second kappa shape index (κ2) is 12.6. The highest BCUT2D eigenvalue weighted by atomic mass is 31.2. The first kappa shape index (κ1) is 33.2. The smallest absolute Gasteiger partial charge is 0.351 e. The molecule has 0 aliphatic carbocycles. The number of benzene rings is 2. The van der Waals surface area contributed by atoms with Gasteiger partial charge in [0.2, 0.25) is 17.7 Å². The van der Waals surface area contributed by atoms with E-state index in [0.29, 0.717) is 31.5 Å². The summed E-state index contributed by atoms with van der Waals surface area (Å²) >= 11 is 0. The number of aromatic nitrogens is 1. The summed E-state index contributed by atoms with van der Waals surface area (Å²) in [4.78, 5) is 80.1. The molecule has 2 aromatic carbocycles. The van der Waals surface area contributed by atoms with Gasteiger partial charge in [-0.1, -0.05) is 38.1 Å². The Labute approximate surface area is 263 Å². The van der Waals surface area contributed by atoms with Gasteiger partial charge in [-0.05, 0) is 49.6 Å². The van der Waals surface area contributed by atoms with Crippen LogP contribution in [0.15, 0.2) is 54.6 Å².